The van der Waals surface area contributed by atoms with E-state index in [-0.39, 0.29) is 18.4 Å². The first-order chi connectivity index (χ1) is 13.1. The Kier molecular flexibility index (Phi) is 6.15. The van der Waals surface area contributed by atoms with E-state index in [4.69, 9.17) is 16.9 Å². The van der Waals surface area contributed by atoms with Crippen LogP contribution in [0.3, 0.4) is 0 Å². The van der Waals surface area contributed by atoms with Gasteiger partial charge in [-0.2, -0.15) is 5.26 Å². The van der Waals surface area contributed by atoms with Gasteiger partial charge in [0.1, 0.15) is 5.82 Å². The number of nitrogens with one attached hydrogen (secondary N) is 2. The Morgan fingerprint density at radius 2 is 2.22 bits per heavy atom. The monoisotopic (exact) mass is 385 g/mol. The molecule has 2 aromatic carbocycles. The van der Waals surface area contributed by atoms with Crippen molar-refractivity contribution in [2.24, 2.45) is 4.99 Å². The molecule has 0 spiro atoms. The topological polar surface area (TPSA) is 63.5 Å². The van der Waals surface area contributed by atoms with Gasteiger partial charge in [-0.1, -0.05) is 17.7 Å². The van der Waals surface area contributed by atoms with Gasteiger partial charge in [0.15, 0.2) is 5.96 Å². The Morgan fingerprint density at radius 1 is 1.37 bits per heavy atom. The fourth-order valence-electron chi connectivity index (χ4n) is 3.13. The number of benzene rings is 2. The molecule has 1 unspecified atom stereocenters. The largest absolute Gasteiger partial charge is 0.369 e. The average molecular weight is 386 g/mol. The van der Waals surface area contributed by atoms with Crippen molar-refractivity contribution in [3.8, 4) is 6.07 Å². The highest BCUT2D eigenvalue weighted by atomic mass is 35.5. The molecule has 1 atom stereocenters. The molecule has 1 aliphatic heterocycles. The molecule has 1 heterocycles. The summed E-state index contributed by atoms with van der Waals surface area (Å²) in [6, 6.07) is 14.4. The van der Waals surface area contributed by atoms with Crippen molar-refractivity contribution >= 4 is 23.2 Å². The molecule has 1 saturated heterocycles. The minimum atomic E-state index is -0.343. The molecule has 0 saturated carbocycles. The number of halogens is 2. The molecule has 0 radical (unpaired) electrons. The van der Waals surface area contributed by atoms with Gasteiger partial charge in [-0.25, -0.2) is 4.39 Å². The van der Waals surface area contributed by atoms with Gasteiger partial charge in [0.05, 0.1) is 11.6 Å². The number of nitrogens with zero attached hydrogens (tertiary/aromatic N) is 3. The molecule has 0 aliphatic carbocycles. The lowest BCUT2D eigenvalue weighted by molar-refractivity contribution is 0.600. The summed E-state index contributed by atoms with van der Waals surface area (Å²) in [7, 11) is 1.68. The summed E-state index contributed by atoms with van der Waals surface area (Å²) >= 11 is 6.08. The van der Waals surface area contributed by atoms with Crippen molar-refractivity contribution in [1.82, 2.24) is 10.6 Å². The van der Waals surface area contributed by atoms with Crippen molar-refractivity contribution < 1.29 is 4.39 Å². The highest BCUT2D eigenvalue weighted by Crippen LogP contribution is 2.23. The van der Waals surface area contributed by atoms with Crippen LogP contribution in [-0.2, 0) is 6.54 Å². The normalized spacial score (nSPS) is 16.9. The van der Waals surface area contributed by atoms with E-state index in [0.717, 1.165) is 30.2 Å². The smallest absolute Gasteiger partial charge is 0.191 e. The minimum absolute atomic E-state index is 0.227. The van der Waals surface area contributed by atoms with Crippen LogP contribution in [0.4, 0.5) is 10.1 Å². The molecule has 1 aliphatic rings. The Morgan fingerprint density at radius 3 is 2.96 bits per heavy atom. The quantitative estimate of drug-likeness (QED) is 0.626. The second kappa shape index (κ2) is 8.74. The highest BCUT2D eigenvalue weighted by Gasteiger charge is 2.23. The number of hydrogen-bond acceptors (Lipinski definition) is 3. The molecule has 7 heteroatoms. The molecule has 140 valence electrons. The number of guanidine groups is 1. The van der Waals surface area contributed by atoms with Crippen LogP contribution in [0.5, 0.6) is 0 Å². The Labute approximate surface area is 163 Å². The standard InChI is InChI=1S/C20H21ClFN5/c1-24-20(25-12-15-9-14(11-23)5-6-19(15)22)26-17-7-8-27(13-17)18-4-2-3-16(21)10-18/h2-6,9-10,17H,7-8,12-13H2,1H3,(H2,24,25,26). The van der Waals surface area contributed by atoms with E-state index in [1.807, 2.05) is 30.3 Å². The first kappa shape index (κ1) is 19.0. The van der Waals surface area contributed by atoms with Crippen LogP contribution in [0.25, 0.3) is 0 Å². The lowest BCUT2D eigenvalue weighted by Gasteiger charge is -2.20. The number of aliphatic imine (C=N–C) groups is 1. The number of anilines is 1. The fourth-order valence-corrected chi connectivity index (χ4v) is 3.32. The summed E-state index contributed by atoms with van der Waals surface area (Å²) in [4.78, 5) is 6.49. The molecule has 0 bridgehead atoms. The van der Waals surface area contributed by atoms with E-state index < -0.39 is 0 Å². The summed E-state index contributed by atoms with van der Waals surface area (Å²) in [5, 5.41) is 16.2. The maximum atomic E-state index is 13.9. The molecular weight excluding hydrogens is 365 g/mol. The Hall–Kier alpha value is -2.78. The van der Waals surface area contributed by atoms with Crippen molar-refractivity contribution in [3.63, 3.8) is 0 Å². The molecule has 3 rings (SSSR count). The van der Waals surface area contributed by atoms with Gasteiger partial charge in [-0.3, -0.25) is 4.99 Å². The summed E-state index contributed by atoms with van der Waals surface area (Å²) in [6.45, 7) is 2.01. The van der Waals surface area contributed by atoms with Gasteiger partial charge in [0.25, 0.3) is 0 Å². The summed E-state index contributed by atoms with van der Waals surface area (Å²) < 4.78 is 13.9. The zero-order valence-corrected chi connectivity index (χ0v) is 15.8. The third kappa shape index (κ3) is 4.89. The lowest BCUT2D eigenvalue weighted by Crippen LogP contribution is -2.44. The van der Waals surface area contributed by atoms with Gasteiger partial charge >= 0.3 is 0 Å². The van der Waals surface area contributed by atoms with Gasteiger partial charge in [-0.05, 0) is 42.8 Å². The maximum absolute atomic E-state index is 13.9. The Balaban J connectivity index is 1.56. The molecule has 2 N–H and O–H groups in total. The molecule has 27 heavy (non-hydrogen) atoms. The first-order valence-corrected chi connectivity index (χ1v) is 9.13. The number of rotatable bonds is 4. The lowest BCUT2D eigenvalue weighted by atomic mass is 10.1. The van der Waals surface area contributed by atoms with Crippen LogP contribution in [-0.4, -0.2) is 32.1 Å². The maximum Gasteiger partial charge on any atom is 0.191 e. The van der Waals surface area contributed by atoms with Crippen molar-refractivity contribution in [2.45, 2.75) is 19.0 Å². The predicted molar refractivity (Wildman–Crippen MR) is 107 cm³/mol. The van der Waals surface area contributed by atoms with Gasteiger partial charge in [-0.15, -0.1) is 0 Å². The van der Waals surface area contributed by atoms with Gasteiger partial charge in [0, 0.05) is 49.0 Å². The van der Waals surface area contributed by atoms with Crippen LogP contribution >= 0.6 is 11.6 Å². The van der Waals surface area contributed by atoms with Crippen LogP contribution in [0.1, 0.15) is 17.5 Å². The van der Waals surface area contributed by atoms with Crippen LogP contribution in [0.2, 0.25) is 5.02 Å². The zero-order chi connectivity index (χ0) is 19.2. The van der Waals surface area contributed by atoms with E-state index in [2.05, 4.69) is 20.5 Å². The average Bonchev–Trinajstić information content (AvgIpc) is 3.15. The van der Waals surface area contributed by atoms with E-state index in [9.17, 15) is 4.39 Å². The second-order valence-electron chi connectivity index (χ2n) is 6.40. The zero-order valence-electron chi connectivity index (χ0n) is 15.0. The van der Waals surface area contributed by atoms with Crippen LogP contribution in [0.15, 0.2) is 47.5 Å². The Bertz CT molecular complexity index is 877. The van der Waals surface area contributed by atoms with Crippen LogP contribution < -0.4 is 15.5 Å². The summed E-state index contributed by atoms with van der Waals surface area (Å²) in [5.74, 6) is 0.264. The van der Waals surface area contributed by atoms with Crippen molar-refractivity contribution in [2.75, 3.05) is 25.0 Å². The molecule has 0 aromatic heterocycles. The fraction of sp³-hybridized carbons (Fsp3) is 0.300. The third-order valence-electron chi connectivity index (χ3n) is 4.55. The van der Waals surface area contributed by atoms with Crippen LogP contribution in [0, 0.1) is 17.1 Å². The minimum Gasteiger partial charge on any atom is -0.369 e. The molecule has 1 fully saturated rings. The number of nitriles is 1. The third-order valence-corrected chi connectivity index (χ3v) is 4.78. The van der Waals surface area contributed by atoms with Gasteiger partial charge in [0.2, 0.25) is 0 Å². The van der Waals surface area contributed by atoms with E-state index in [1.165, 1.54) is 12.1 Å². The summed E-state index contributed by atoms with van der Waals surface area (Å²) in [5.41, 5.74) is 1.97. The highest BCUT2D eigenvalue weighted by molar-refractivity contribution is 6.30. The predicted octanol–water partition coefficient (Wildman–Crippen LogP) is 3.29. The molecule has 5 nitrogen and oxygen atoms in total. The van der Waals surface area contributed by atoms with E-state index >= 15 is 0 Å². The van der Waals surface area contributed by atoms with E-state index in [1.54, 1.807) is 13.1 Å². The number of hydrogen-bond donors (Lipinski definition) is 2. The second-order valence-corrected chi connectivity index (χ2v) is 6.84. The SMILES string of the molecule is CN=C(NCc1cc(C#N)ccc1F)NC1CCN(c2cccc(Cl)c2)C1. The van der Waals surface area contributed by atoms with E-state index in [0.29, 0.717) is 17.1 Å². The summed E-state index contributed by atoms with van der Waals surface area (Å²) in [6.07, 6.45) is 0.964. The van der Waals surface area contributed by atoms with Crippen molar-refractivity contribution in [1.29, 1.82) is 5.26 Å². The molecule has 2 aromatic rings. The van der Waals surface area contributed by atoms with Crippen molar-refractivity contribution in [3.05, 3.63) is 64.4 Å². The molecule has 0 amide bonds. The molecular formula is C20H21ClFN5. The van der Waals surface area contributed by atoms with Gasteiger partial charge < -0.3 is 15.5 Å². The first-order valence-electron chi connectivity index (χ1n) is 8.75.